The van der Waals surface area contributed by atoms with Crippen LogP contribution >= 0.6 is 0 Å². The predicted molar refractivity (Wildman–Crippen MR) is 332 cm³/mol. The van der Waals surface area contributed by atoms with E-state index in [1.165, 1.54) is 66.8 Å². The Balaban J connectivity index is 0.000000152. The second kappa shape index (κ2) is 32.8. The van der Waals surface area contributed by atoms with E-state index in [1.54, 1.807) is 0 Å². The summed E-state index contributed by atoms with van der Waals surface area (Å²) in [6, 6.07) is 50.2. The smallest absolute Gasteiger partial charge is 0.265 e. The maximum absolute atomic E-state index is 4.54. The van der Waals surface area contributed by atoms with Crippen molar-refractivity contribution >= 4 is 0 Å². The average molecular weight is 1160 g/mol. The van der Waals surface area contributed by atoms with Crippen molar-refractivity contribution in [2.75, 3.05) is 0 Å². The third-order valence-corrected chi connectivity index (χ3v) is 14.4. The molecule has 0 aromatic carbocycles. The van der Waals surface area contributed by atoms with E-state index >= 15 is 0 Å². The number of aromatic nitrogens is 12. The quantitative estimate of drug-likeness (QED) is 0.0629. The van der Waals surface area contributed by atoms with Crippen molar-refractivity contribution in [2.45, 2.75) is 77.0 Å². The minimum absolute atomic E-state index is 0. The molecule has 0 saturated carbocycles. The summed E-state index contributed by atoms with van der Waals surface area (Å²) in [5.74, 6) is 0. The number of hydrogen-bond acceptors (Lipinski definition) is 12. The van der Waals surface area contributed by atoms with E-state index in [2.05, 4.69) is 205 Å². The Kier molecular flexibility index (Phi) is 23.1. The molecule has 0 saturated heterocycles. The Bertz CT molecular complexity index is 3210. The summed E-state index contributed by atoms with van der Waals surface area (Å²) in [4.78, 5) is 51.7. The number of rotatable bonds is 21. The van der Waals surface area contributed by atoms with Crippen molar-refractivity contribution < 1.29 is 17.1 Å². The molecule has 0 fully saturated rings. The van der Waals surface area contributed by atoms with Crippen LogP contribution in [-0.2, 0) is 94.1 Å². The SMILES string of the molecule is [Fe+3].c1cc(CCc2ccnc(-c3cc(CCc4ccncc4)ccn3)c2)ccn1.c1cc(CCc2ccnc(-c3cc(CCc4ccncc4)ccn3)c2)ccn1.c1cc(CCc2ccnc(-c3cc(CCc4ccncc4)ccn3)c2)ccn1. The monoisotopic (exact) mass is 1150 g/mol. The van der Waals surface area contributed by atoms with Gasteiger partial charge in [-0.2, -0.15) is 0 Å². The number of hydrogen-bond donors (Lipinski definition) is 0. The topological polar surface area (TPSA) is 155 Å². The molecule has 0 atom stereocenters. The van der Waals surface area contributed by atoms with Crippen LogP contribution in [0.25, 0.3) is 34.2 Å². The van der Waals surface area contributed by atoms with Gasteiger partial charge in [0.05, 0.1) is 34.2 Å². The molecule has 0 aliphatic heterocycles. The van der Waals surface area contributed by atoms with Crippen LogP contribution in [0.4, 0.5) is 0 Å². The second-order valence-electron chi connectivity index (χ2n) is 20.4. The fraction of sp³-hybridized carbons (Fsp3) is 0.167. The van der Waals surface area contributed by atoms with E-state index in [1.807, 2.05) is 112 Å². The summed E-state index contributed by atoms with van der Waals surface area (Å²) in [6.45, 7) is 0. The molecular weight excluding hydrogens is 1090 g/mol. The van der Waals surface area contributed by atoms with Crippen molar-refractivity contribution in [3.05, 3.63) is 324 Å². The third kappa shape index (κ3) is 19.7. The van der Waals surface area contributed by atoms with Crippen LogP contribution < -0.4 is 0 Å². The van der Waals surface area contributed by atoms with Gasteiger partial charge in [-0.15, -0.1) is 0 Å². The van der Waals surface area contributed by atoms with Gasteiger partial charge >= 0.3 is 17.1 Å². The van der Waals surface area contributed by atoms with Crippen molar-refractivity contribution in [1.82, 2.24) is 59.8 Å². The maximum Gasteiger partial charge on any atom is 3.00 e. The van der Waals surface area contributed by atoms with Gasteiger partial charge in [-0.05, 0) is 289 Å². The Morgan fingerprint density at radius 2 is 0.271 bits per heavy atom. The molecule has 0 N–H and O–H groups in total. The van der Waals surface area contributed by atoms with E-state index < -0.39 is 0 Å². The number of aryl methyl sites for hydroxylation is 12. The van der Waals surface area contributed by atoms with Crippen molar-refractivity contribution in [1.29, 1.82) is 0 Å². The molecule has 12 rings (SSSR count). The first-order valence-electron chi connectivity index (χ1n) is 28.6. The molecule has 12 heterocycles. The fourth-order valence-corrected chi connectivity index (χ4v) is 9.65. The van der Waals surface area contributed by atoms with E-state index in [9.17, 15) is 0 Å². The minimum atomic E-state index is 0. The molecule has 0 unspecified atom stereocenters. The Labute approximate surface area is 509 Å². The maximum atomic E-state index is 4.54. The largest absolute Gasteiger partial charge is 3.00 e. The van der Waals surface area contributed by atoms with Crippen LogP contribution in [0.15, 0.2) is 257 Å². The normalized spacial score (nSPS) is 10.6. The Morgan fingerprint density at radius 1 is 0.153 bits per heavy atom. The third-order valence-electron chi connectivity index (χ3n) is 14.4. The molecule has 12 nitrogen and oxygen atoms in total. The van der Waals surface area contributed by atoms with Crippen LogP contribution in [-0.4, -0.2) is 59.8 Å². The summed E-state index contributed by atoms with van der Waals surface area (Å²) in [6.07, 6.45) is 45.2. The van der Waals surface area contributed by atoms with Gasteiger partial charge in [-0.25, -0.2) is 0 Å². The van der Waals surface area contributed by atoms with E-state index in [0.29, 0.717) is 0 Å². The first-order chi connectivity index (χ1) is 41.6. The fourth-order valence-electron chi connectivity index (χ4n) is 9.65. The molecule has 0 amide bonds. The van der Waals surface area contributed by atoms with E-state index in [4.69, 9.17) is 0 Å². The van der Waals surface area contributed by atoms with Crippen LogP contribution in [0.3, 0.4) is 0 Å². The second-order valence-corrected chi connectivity index (χ2v) is 20.4. The van der Waals surface area contributed by atoms with Gasteiger partial charge in [0.2, 0.25) is 0 Å². The molecule has 0 aliphatic rings. The first-order valence-corrected chi connectivity index (χ1v) is 28.6. The minimum Gasteiger partial charge on any atom is -0.265 e. The summed E-state index contributed by atoms with van der Waals surface area (Å²) < 4.78 is 0. The molecule has 419 valence electrons. The molecule has 12 aromatic rings. The Hall–Kier alpha value is -9.68. The Morgan fingerprint density at radius 3 is 0.412 bits per heavy atom. The van der Waals surface area contributed by atoms with Gasteiger partial charge in [-0.1, -0.05) is 0 Å². The number of pyridine rings is 12. The molecule has 0 aliphatic carbocycles. The molecule has 0 spiro atoms. The molecule has 85 heavy (non-hydrogen) atoms. The number of nitrogens with zero attached hydrogens (tertiary/aromatic N) is 12. The molecule has 12 aromatic heterocycles. The predicted octanol–water partition coefficient (Wildman–Crippen LogP) is 13.5. The van der Waals surface area contributed by atoms with Crippen molar-refractivity contribution in [3.63, 3.8) is 0 Å². The van der Waals surface area contributed by atoms with Crippen LogP contribution in [0, 0.1) is 0 Å². The summed E-state index contributed by atoms with van der Waals surface area (Å²) in [5, 5.41) is 0. The summed E-state index contributed by atoms with van der Waals surface area (Å²) >= 11 is 0. The molecule has 1 radical (unpaired) electrons. The van der Waals surface area contributed by atoms with Crippen LogP contribution in [0.1, 0.15) is 66.8 Å². The van der Waals surface area contributed by atoms with Gasteiger partial charge in [0.25, 0.3) is 0 Å². The zero-order valence-electron chi connectivity index (χ0n) is 47.5. The van der Waals surface area contributed by atoms with Gasteiger partial charge in [-0.3, -0.25) is 59.8 Å². The summed E-state index contributed by atoms with van der Waals surface area (Å²) in [5.41, 5.74) is 21.0. The first kappa shape index (κ1) is 59.9. The van der Waals surface area contributed by atoms with Gasteiger partial charge in [0.1, 0.15) is 0 Å². The zero-order valence-corrected chi connectivity index (χ0v) is 48.6. The van der Waals surface area contributed by atoms with Crippen molar-refractivity contribution in [3.8, 4) is 34.2 Å². The summed E-state index contributed by atoms with van der Waals surface area (Å²) in [7, 11) is 0. The molecule has 13 heteroatoms. The van der Waals surface area contributed by atoms with Gasteiger partial charge in [0.15, 0.2) is 0 Å². The van der Waals surface area contributed by atoms with Crippen LogP contribution in [0.5, 0.6) is 0 Å². The standard InChI is InChI=1S/3C24H22N4.Fe/c3*1(19-5-11-25-12-6-19)3-21-9-15-27-23(17-21)24-18-22(10-16-28-24)4-2-20-7-13-26-14-8-20;/h3*5-18H,1-4H2;/q;;;+3. The molecular formula is C72H66FeN12+3. The zero-order chi connectivity index (χ0) is 57.1. The average Bonchev–Trinajstić information content (AvgIpc) is 3.66. The van der Waals surface area contributed by atoms with Crippen molar-refractivity contribution in [2.24, 2.45) is 0 Å². The molecule has 0 bridgehead atoms. The van der Waals surface area contributed by atoms with Gasteiger partial charge in [0, 0.05) is 112 Å². The van der Waals surface area contributed by atoms with Gasteiger partial charge < -0.3 is 0 Å². The van der Waals surface area contributed by atoms with Crippen LogP contribution in [0.2, 0.25) is 0 Å². The van der Waals surface area contributed by atoms with E-state index in [0.717, 1.165) is 111 Å². The van der Waals surface area contributed by atoms with E-state index in [-0.39, 0.29) is 17.1 Å².